The summed E-state index contributed by atoms with van der Waals surface area (Å²) in [7, 11) is 0. The second-order valence-corrected chi connectivity index (χ2v) is 7.47. The molecule has 3 aromatic rings. The molecule has 154 valence electrons. The molecule has 1 heterocycles. The number of aryl methyl sites for hydroxylation is 1. The highest BCUT2D eigenvalue weighted by molar-refractivity contribution is 6.33. The van der Waals surface area contributed by atoms with Crippen LogP contribution < -0.4 is 10.9 Å². The van der Waals surface area contributed by atoms with E-state index in [2.05, 4.69) is 5.32 Å². The quantitative estimate of drug-likeness (QED) is 0.571. The maximum absolute atomic E-state index is 13.0. The molecule has 5 nitrogen and oxygen atoms in total. The van der Waals surface area contributed by atoms with Crippen molar-refractivity contribution in [3.63, 3.8) is 0 Å². The van der Waals surface area contributed by atoms with Gasteiger partial charge in [-0.05, 0) is 36.6 Å². The van der Waals surface area contributed by atoms with Crippen LogP contribution in [0.15, 0.2) is 71.5 Å². The number of hydrogen-bond donors (Lipinski definition) is 1. The molecule has 0 saturated heterocycles. The largest absolute Gasteiger partial charge is 0.322 e. The van der Waals surface area contributed by atoms with E-state index in [1.807, 2.05) is 36.4 Å². The van der Waals surface area contributed by atoms with Crippen LogP contribution in [0.3, 0.4) is 0 Å². The number of Topliss-reactive ketones (excluding diaryl/α,β-unsaturated/α-hetero) is 1. The van der Waals surface area contributed by atoms with E-state index >= 15 is 0 Å². The first-order valence-electron chi connectivity index (χ1n) is 9.77. The Labute approximate surface area is 180 Å². The number of carbonyl (C=O) groups excluding carboxylic acids is 2. The van der Waals surface area contributed by atoms with Crippen molar-refractivity contribution in [2.24, 2.45) is 0 Å². The molecule has 0 saturated carbocycles. The molecule has 30 heavy (non-hydrogen) atoms. The molecule has 2 aromatic carbocycles. The lowest BCUT2D eigenvalue weighted by Gasteiger charge is -2.15. The Morgan fingerprint density at radius 2 is 1.67 bits per heavy atom. The van der Waals surface area contributed by atoms with E-state index < -0.39 is 5.56 Å². The SMILES string of the molecule is CC(=O)Nc1ccc(-c2ccccc2Cl)n(CC(=O)CCCc2ccccc2)c1=O. The van der Waals surface area contributed by atoms with E-state index in [9.17, 15) is 14.4 Å². The molecular formula is C24H23ClN2O3. The third-order valence-corrected chi connectivity index (χ3v) is 5.06. The van der Waals surface area contributed by atoms with Crippen molar-refractivity contribution in [3.05, 3.63) is 87.7 Å². The zero-order chi connectivity index (χ0) is 21.5. The van der Waals surface area contributed by atoms with Gasteiger partial charge >= 0.3 is 0 Å². The second kappa shape index (κ2) is 10.0. The molecule has 0 aliphatic heterocycles. The molecule has 0 atom stereocenters. The van der Waals surface area contributed by atoms with Gasteiger partial charge in [0.15, 0.2) is 5.78 Å². The first kappa shape index (κ1) is 21.5. The predicted octanol–water partition coefficient (Wildman–Crippen LogP) is 4.72. The molecule has 0 unspecified atom stereocenters. The Hall–Kier alpha value is -3.18. The number of halogens is 1. The minimum atomic E-state index is -0.431. The summed E-state index contributed by atoms with van der Waals surface area (Å²) < 4.78 is 1.39. The van der Waals surface area contributed by atoms with Gasteiger partial charge in [-0.25, -0.2) is 0 Å². The summed E-state index contributed by atoms with van der Waals surface area (Å²) in [5, 5.41) is 3.01. The van der Waals surface area contributed by atoms with Crippen molar-refractivity contribution >= 4 is 29.0 Å². The molecule has 1 amide bonds. The number of carbonyl (C=O) groups is 2. The van der Waals surface area contributed by atoms with Crippen LogP contribution in [0.25, 0.3) is 11.3 Å². The minimum absolute atomic E-state index is 0.0543. The molecule has 6 heteroatoms. The van der Waals surface area contributed by atoms with Crippen molar-refractivity contribution in [1.82, 2.24) is 4.57 Å². The van der Waals surface area contributed by atoms with Gasteiger partial charge in [0, 0.05) is 23.9 Å². The van der Waals surface area contributed by atoms with Crippen LogP contribution in [-0.4, -0.2) is 16.3 Å². The van der Waals surface area contributed by atoms with Gasteiger partial charge in [0.05, 0.1) is 12.2 Å². The fourth-order valence-electron chi connectivity index (χ4n) is 3.31. The molecular weight excluding hydrogens is 400 g/mol. The number of amides is 1. The monoisotopic (exact) mass is 422 g/mol. The Morgan fingerprint density at radius 1 is 0.967 bits per heavy atom. The van der Waals surface area contributed by atoms with Crippen LogP contribution in [0, 0.1) is 0 Å². The second-order valence-electron chi connectivity index (χ2n) is 7.06. The lowest BCUT2D eigenvalue weighted by Crippen LogP contribution is -2.29. The average Bonchev–Trinajstić information content (AvgIpc) is 2.72. The number of hydrogen-bond acceptors (Lipinski definition) is 3. The van der Waals surface area contributed by atoms with Crippen LogP contribution in [0.2, 0.25) is 5.02 Å². The van der Waals surface area contributed by atoms with E-state index in [1.54, 1.807) is 30.3 Å². The number of aromatic nitrogens is 1. The smallest absolute Gasteiger partial charge is 0.275 e. The van der Waals surface area contributed by atoms with Crippen LogP contribution in [0.4, 0.5) is 5.69 Å². The number of benzene rings is 2. The third-order valence-electron chi connectivity index (χ3n) is 4.73. The molecule has 0 bridgehead atoms. The summed E-state index contributed by atoms with van der Waals surface area (Å²) in [4.78, 5) is 37.1. The number of anilines is 1. The minimum Gasteiger partial charge on any atom is -0.322 e. The third kappa shape index (κ3) is 5.45. The normalized spacial score (nSPS) is 10.6. The number of rotatable bonds is 8. The van der Waals surface area contributed by atoms with Gasteiger partial charge in [-0.15, -0.1) is 0 Å². The first-order chi connectivity index (χ1) is 14.5. The highest BCUT2D eigenvalue weighted by Gasteiger charge is 2.16. The maximum atomic E-state index is 13.0. The van der Waals surface area contributed by atoms with E-state index in [4.69, 9.17) is 11.6 Å². The summed E-state index contributed by atoms with van der Waals surface area (Å²) in [5.41, 5.74) is 2.07. The van der Waals surface area contributed by atoms with Gasteiger partial charge in [0.25, 0.3) is 5.56 Å². The number of nitrogens with zero attached hydrogens (tertiary/aromatic N) is 1. The van der Waals surface area contributed by atoms with Gasteiger partial charge < -0.3 is 5.32 Å². The molecule has 0 spiro atoms. The zero-order valence-corrected chi connectivity index (χ0v) is 17.5. The molecule has 1 aromatic heterocycles. The lowest BCUT2D eigenvalue weighted by atomic mass is 10.1. The fourth-order valence-corrected chi connectivity index (χ4v) is 3.55. The highest BCUT2D eigenvalue weighted by atomic mass is 35.5. The number of nitrogens with one attached hydrogen (secondary N) is 1. The molecule has 0 fully saturated rings. The van der Waals surface area contributed by atoms with Crippen molar-refractivity contribution in [1.29, 1.82) is 0 Å². The topological polar surface area (TPSA) is 68.2 Å². The summed E-state index contributed by atoms with van der Waals surface area (Å²) in [5.74, 6) is -0.403. The summed E-state index contributed by atoms with van der Waals surface area (Å²) in [6, 6.07) is 20.3. The van der Waals surface area contributed by atoms with Gasteiger partial charge in [-0.1, -0.05) is 60.1 Å². The molecule has 0 aliphatic rings. The van der Waals surface area contributed by atoms with Gasteiger partial charge in [-0.3, -0.25) is 19.0 Å². The standard InChI is InChI=1S/C24H23ClN2O3/c1-17(28)26-22-14-15-23(20-12-5-6-13-21(20)25)27(24(22)30)16-19(29)11-7-10-18-8-3-2-4-9-18/h2-6,8-9,12-15H,7,10-11,16H2,1H3,(H,26,28). The molecule has 0 aliphatic carbocycles. The van der Waals surface area contributed by atoms with Crippen molar-refractivity contribution in [2.75, 3.05) is 5.32 Å². The fraction of sp³-hybridized carbons (Fsp3) is 0.208. The molecule has 3 rings (SSSR count). The van der Waals surface area contributed by atoms with Gasteiger partial charge in [0.1, 0.15) is 5.69 Å². The van der Waals surface area contributed by atoms with Crippen molar-refractivity contribution < 1.29 is 9.59 Å². The Kier molecular flexibility index (Phi) is 7.20. The van der Waals surface area contributed by atoms with Crippen LogP contribution in [0.1, 0.15) is 25.3 Å². The number of pyridine rings is 1. The maximum Gasteiger partial charge on any atom is 0.275 e. The molecule has 0 radical (unpaired) electrons. The van der Waals surface area contributed by atoms with Gasteiger partial charge in [0.2, 0.25) is 5.91 Å². The lowest BCUT2D eigenvalue weighted by molar-refractivity contribution is -0.119. The number of ketones is 1. The van der Waals surface area contributed by atoms with E-state index in [0.717, 1.165) is 6.42 Å². The summed E-state index contributed by atoms with van der Waals surface area (Å²) in [6.07, 6.45) is 1.85. The van der Waals surface area contributed by atoms with Crippen molar-refractivity contribution in [2.45, 2.75) is 32.7 Å². The Morgan fingerprint density at radius 3 is 2.37 bits per heavy atom. The Bertz CT molecular complexity index is 1110. The zero-order valence-electron chi connectivity index (χ0n) is 16.7. The van der Waals surface area contributed by atoms with Crippen LogP contribution >= 0.6 is 11.6 Å². The van der Waals surface area contributed by atoms with Gasteiger partial charge in [-0.2, -0.15) is 0 Å². The van der Waals surface area contributed by atoms with Crippen LogP contribution in [-0.2, 0) is 22.6 Å². The highest BCUT2D eigenvalue weighted by Crippen LogP contribution is 2.27. The Balaban J connectivity index is 1.85. The summed E-state index contributed by atoms with van der Waals surface area (Å²) >= 11 is 6.33. The first-order valence-corrected chi connectivity index (χ1v) is 10.2. The average molecular weight is 423 g/mol. The van der Waals surface area contributed by atoms with Crippen LogP contribution in [0.5, 0.6) is 0 Å². The van der Waals surface area contributed by atoms with E-state index in [-0.39, 0.29) is 23.9 Å². The van der Waals surface area contributed by atoms with E-state index in [1.165, 1.54) is 17.1 Å². The van der Waals surface area contributed by atoms with E-state index in [0.29, 0.717) is 29.1 Å². The van der Waals surface area contributed by atoms with Crippen molar-refractivity contribution in [3.8, 4) is 11.3 Å². The predicted molar refractivity (Wildman–Crippen MR) is 120 cm³/mol. The summed E-state index contributed by atoms with van der Waals surface area (Å²) in [6.45, 7) is 1.25. The molecule has 1 N–H and O–H groups in total.